The number of morpholine rings is 1. The third-order valence-corrected chi connectivity index (χ3v) is 6.78. The van der Waals surface area contributed by atoms with Crippen LogP contribution in [0, 0.1) is 0 Å². The number of hydrogen-bond acceptors (Lipinski definition) is 6. The van der Waals surface area contributed by atoms with Crippen LogP contribution < -0.4 is 10.2 Å². The number of benzene rings is 2. The van der Waals surface area contributed by atoms with Crippen LogP contribution in [0.4, 0.5) is 5.95 Å². The molecular formula is C25H31N5O2S. The molecule has 1 N–H and O–H groups in total. The minimum atomic E-state index is 0.0107. The number of carbonyl (C=O) groups excluding carboxylic acids is 1. The van der Waals surface area contributed by atoms with E-state index in [1.165, 1.54) is 22.9 Å². The molecule has 0 radical (unpaired) electrons. The smallest absolute Gasteiger partial charge is 0.230 e. The van der Waals surface area contributed by atoms with Gasteiger partial charge in [0.2, 0.25) is 11.9 Å². The summed E-state index contributed by atoms with van der Waals surface area (Å²) in [6, 6.07) is 20.6. The molecule has 2 heterocycles. The zero-order valence-corrected chi connectivity index (χ0v) is 19.8. The third kappa shape index (κ3) is 6.36. The van der Waals surface area contributed by atoms with E-state index in [0.29, 0.717) is 38.0 Å². The van der Waals surface area contributed by atoms with Gasteiger partial charge >= 0.3 is 0 Å². The van der Waals surface area contributed by atoms with Crippen molar-refractivity contribution in [2.75, 3.05) is 43.5 Å². The maximum absolute atomic E-state index is 12.6. The lowest BCUT2D eigenvalue weighted by Crippen LogP contribution is -2.38. The topological polar surface area (TPSA) is 72.3 Å². The van der Waals surface area contributed by atoms with Crippen LogP contribution in [0.3, 0.4) is 0 Å². The first-order valence-corrected chi connectivity index (χ1v) is 12.5. The molecule has 8 heteroatoms. The molecule has 1 unspecified atom stereocenters. The number of aromatic nitrogens is 3. The molecule has 33 heavy (non-hydrogen) atoms. The summed E-state index contributed by atoms with van der Waals surface area (Å²) in [5.41, 5.74) is 2.43. The summed E-state index contributed by atoms with van der Waals surface area (Å²) >= 11 is 1.43. The Morgan fingerprint density at radius 1 is 1.06 bits per heavy atom. The van der Waals surface area contributed by atoms with Crippen molar-refractivity contribution < 1.29 is 9.53 Å². The Morgan fingerprint density at radius 3 is 2.45 bits per heavy atom. The Hall–Kier alpha value is -2.84. The average molecular weight is 466 g/mol. The second kappa shape index (κ2) is 11.9. The van der Waals surface area contributed by atoms with Crippen molar-refractivity contribution in [3.63, 3.8) is 0 Å². The van der Waals surface area contributed by atoms with Crippen molar-refractivity contribution in [3.8, 4) is 0 Å². The molecule has 1 aliphatic rings. The summed E-state index contributed by atoms with van der Waals surface area (Å²) in [6.07, 6.45) is 0.978. The van der Waals surface area contributed by atoms with Gasteiger partial charge in [0.25, 0.3) is 0 Å². The number of nitrogens with zero attached hydrogens (tertiary/aromatic N) is 4. The number of amides is 1. The fraction of sp³-hybridized carbons (Fsp3) is 0.400. The molecule has 7 nitrogen and oxygen atoms in total. The van der Waals surface area contributed by atoms with E-state index in [1.807, 2.05) is 36.4 Å². The summed E-state index contributed by atoms with van der Waals surface area (Å²) in [5, 5.41) is 12.8. The Morgan fingerprint density at radius 2 is 1.76 bits per heavy atom. The van der Waals surface area contributed by atoms with Gasteiger partial charge in [-0.2, -0.15) is 0 Å². The number of ether oxygens (including phenoxy) is 1. The molecular weight excluding hydrogens is 434 g/mol. The number of thioether (sulfide) groups is 1. The molecule has 1 aliphatic heterocycles. The summed E-state index contributed by atoms with van der Waals surface area (Å²) in [5.74, 6) is 1.47. The van der Waals surface area contributed by atoms with Crippen molar-refractivity contribution in [2.45, 2.75) is 31.0 Å². The van der Waals surface area contributed by atoms with Gasteiger partial charge in [-0.1, -0.05) is 79.3 Å². The van der Waals surface area contributed by atoms with Gasteiger partial charge < -0.3 is 15.0 Å². The predicted molar refractivity (Wildman–Crippen MR) is 132 cm³/mol. The molecule has 174 valence electrons. The van der Waals surface area contributed by atoms with Gasteiger partial charge in [0, 0.05) is 25.6 Å². The van der Waals surface area contributed by atoms with Crippen LogP contribution in [0.5, 0.6) is 0 Å². The number of nitrogens with one attached hydrogen (secondary N) is 1. The van der Waals surface area contributed by atoms with Crippen molar-refractivity contribution in [1.82, 2.24) is 20.1 Å². The Labute approximate surface area is 199 Å². The number of anilines is 1. The minimum absolute atomic E-state index is 0.0107. The maximum atomic E-state index is 12.6. The van der Waals surface area contributed by atoms with Gasteiger partial charge in [-0.15, -0.1) is 10.2 Å². The molecule has 1 atom stereocenters. The van der Waals surface area contributed by atoms with Crippen LogP contribution in [0.2, 0.25) is 0 Å². The van der Waals surface area contributed by atoms with E-state index in [4.69, 9.17) is 4.74 Å². The summed E-state index contributed by atoms with van der Waals surface area (Å²) < 4.78 is 7.60. The molecule has 0 bridgehead atoms. The van der Waals surface area contributed by atoms with Gasteiger partial charge in [0.1, 0.15) is 0 Å². The van der Waals surface area contributed by atoms with Crippen LogP contribution in [0.15, 0.2) is 65.8 Å². The minimum Gasteiger partial charge on any atom is -0.378 e. The highest BCUT2D eigenvalue weighted by Gasteiger charge is 2.21. The first-order valence-electron chi connectivity index (χ1n) is 11.5. The van der Waals surface area contributed by atoms with Crippen LogP contribution in [0.1, 0.15) is 30.4 Å². The second-order valence-electron chi connectivity index (χ2n) is 8.06. The first-order chi connectivity index (χ1) is 16.2. The molecule has 0 saturated carbocycles. The summed E-state index contributed by atoms with van der Waals surface area (Å²) in [7, 11) is 0. The van der Waals surface area contributed by atoms with E-state index in [0.717, 1.165) is 30.6 Å². The highest BCUT2D eigenvalue weighted by atomic mass is 32.2. The van der Waals surface area contributed by atoms with E-state index in [9.17, 15) is 4.79 Å². The number of carbonyl (C=O) groups is 1. The fourth-order valence-corrected chi connectivity index (χ4v) is 4.69. The molecule has 1 aromatic heterocycles. The predicted octanol–water partition coefficient (Wildman–Crippen LogP) is 3.57. The zero-order valence-electron chi connectivity index (χ0n) is 19.0. The van der Waals surface area contributed by atoms with Crippen molar-refractivity contribution in [1.29, 1.82) is 0 Å². The SMILES string of the molecule is CCC(CNC(=O)CSc1nnc(N2CCOCC2)n1Cc1ccccc1)c1ccccc1. The summed E-state index contributed by atoms with van der Waals surface area (Å²) in [6.45, 7) is 6.39. The van der Waals surface area contributed by atoms with Crippen LogP contribution in [-0.4, -0.2) is 59.3 Å². The van der Waals surface area contributed by atoms with E-state index in [2.05, 4.69) is 56.2 Å². The van der Waals surface area contributed by atoms with E-state index >= 15 is 0 Å². The van der Waals surface area contributed by atoms with E-state index in [1.54, 1.807) is 0 Å². The Balaban J connectivity index is 1.40. The quantitative estimate of drug-likeness (QED) is 0.462. The number of hydrogen-bond donors (Lipinski definition) is 1. The standard InChI is InChI=1S/C25H31N5O2S/c1-2-21(22-11-7-4-8-12-22)17-26-23(31)19-33-25-28-27-24(29-13-15-32-16-14-29)30(25)18-20-9-5-3-6-10-20/h3-12,21H,2,13-19H2,1H3,(H,26,31). The lowest BCUT2D eigenvalue weighted by molar-refractivity contribution is -0.118. The van der Waals surface area contributed by atoms with E-state index in [-0.39, 0.29) is 5.91 Å². The Bertz CT molecular complexity index is 1010. The molecule has 3 aromatic rings. The van der Waals surface area contributed by atoms with Gasteiger partial charge in [-0.3, -0.25) is 9.36 Å². The normalized spacial score (nSPS) is 14.8. The van der Waals surface area contributed by atoms with Crippen LogP contribution in [0.25, 0.3) is 0 Å². The summed E-state index contributed by atoms with van der Waals surface area (Å²) in [4.78, 5) is 14.8. The third-order valence-electron chi connectivity index (χ3n) is 5.82. The van der Waals surface area contributed by atoms with Gasteiger partial charge in [0.15, 0.2) is 5.16 Å². The van der Waals surface area contributed by atoms with Crippen molar-refractivity contribution in [2.24, 2.45) is 0 Å². The molecule has 1 fully saturated rings. The number of rotatable bonds is 10. The highest BCUT2D eigenvalue weighted by Crippen LogP contribution is 2.24. The lowest BCUT2D eigenvalue weighted by atomic mass is 9.96. The fourth-order valence-electron chi connectivity index (χ4n) is 3.93. The van der Waals surface area contributed by atoms with E-state index < -0.39 is 0 Å². The van der Waals surface area contributed by atoms with Gasteiger partial charge in [0.05, 0.1) is 25.5 Å². The molecule has 4 rings (SSSR count). The molecule has 2 aromatic carbocycles. The first kappa shape index (κ1) is 23.3. The maximum Gasteiger partial charge on any atom is 0.230 e. The average Bonchev–Trinajstić information content (AvgIpc) is 3.27. The Kier molecular flexibility index (Phi) is 8.38. The largest absolute Gasteiger partial charge is 0.378 e. The monoisotopic (exact) mass is 465 g/mol. The van der Waals surface area contributed by atoms with Gasteiger partial charge in [-0.25, -0.2) is 0 Å². The lowest BCUT2D eigenvalue weighted by Gasteiger charge is -2.28. The molecule has 0 aliphatic carbocycles. The molecule has 1 amide bonds. The highest BCUT2D eigenvalue weighted by molar-refractivity contribution is 7.99. The van der Waals surface area contributed by atoms with Crippen LogP contribution in [-0.2, 0) is 16.1 Å². The van der Waals surface area contributed by atoms with Gasteiger partial charge in [-0.05, 0) is 17.5 Å². The molecule has 1 saturated heterocycles. The second-order valence-corrected chi connectivity index (χ2v) is 9.00. The van der Waals surface area contributed by atoms with Crippen molar-refractivity contribution in [3.05, 3.63) is 71.8 Å². The van der Waals surface area contributed by atoms with Crippen LogP contribution >= 0.6 is 11.8 Å². The van der Waals surface area contributed by atoms with Crippen molar-refractivity contribution >= 4 is 23.6 Å². The molecule has 0 spiro atoms. The zero-order chi connectivity index (χ0) is 22.9.